The van der Waals surface area contributed by atoms with Crippen LogP contribution in [0.1, 0.15) is 12.0 Å². The normalized spacial score (nSPS) is 18.3. The lowest BCUT2D eigenvalue weighted by molar-refractivity contribution is -0.137. The summed E-state index contributed by atoms with van der Waals surface area (Å²) in [7, 11) is 0. The van der Waals surface area contributed by atoms with Gasteiger partial charge < -0.3 is 15.4 Å². The van der Waals surface area contributed by atoms with E-state index in [0.29, 0.717) is 13.0 Å². The van der Waals surface area contributed by atoms with E-state index in [-0.39, 0.29) is 30.7 Å². The Hall–Kier alpha value is -2.25. The Kier molecular flexibility index (Phi) is 4.58. The molecule has 2 amide bonds. The van der Waals surface area contributed by atoms with Crippen molar-refractivity contribution in [1.29, 1.82) is 0 Å². The van der Waals surface area contributed by atoms with Crippen molar-refractivity contribution in [2.45, 2.75) is 12.6 Å². The van der Waals surface area contributed by atoms with Gasteiger partial charge in [-0.3, -0.25) is 9.59 Å². The van der Waals surface area contributed by atoms with Crippen molar-refractivity contribution in [1.82, 2.24) is 4.90 Å². The van der Waals surface area contributed by atoms with Crippen molar-refractivity contribution in [2.75, 3.05) is 19.7 Å². The van der Waals surface area contributed by atoms with Crippen LogP contribution in [-0.2, 0) is 15.8 Å². The average Bonchev–Trinajstić information content (AvgIpc) is 2.94. The van der Waals surface area contributed by atoms with Gasteiger partial charge >= 0.3 is 6.18 Å². The maximum Gasteiger partial charge on any atom is 0.416 e. The fourth-order valence-electron chi connectivity index (χ4n) is 2.20. The second-order valence-electron chi connectivity index (χ2n) is 5.04. The van der Waals surface area contributed by atoms with Crippen molar-refractivity contribution in [3.8, 4) is 5.75 Å². The predicted molar refractivity (Wildman–Crippen MR) is 70.8 cm³/mol. The minimum atomic E-state index is -4.41. The molecule has 1 aliphatic rings. The Morgan fingerprint density at radius 2 is 1.91 bits per heavy atom. The van der Waals surface area contributed by atoms with Crippen LogP contribution >= 0.6 is 0 Å². The molecular weight excluding hydrogens is 301 g/mol. The zero-order chi connectivity index (χ0) is 16.3. The molecule has 0 aliphatic carbocycles. The number of benzene rings is 1. The zero-order valence-electron chi connectivity index (χ0n) is 11.6. The molecule has 2 N–H and O–H groups in total. The lowest BCUT2D eigenvalue weighted by Gasteiger charge is -2.16. The number of primary amides is 1. The van der Waals surface area contributed by atoms with Crippen molar-refractivity contribution >= 4 is 11.8 Å². The molecule has 1 heterocycles. The monoisotopic (exact) mass is 316 g/mol. The van der Waals surface area contributed by atoms with Gasteiger partial charge in [-0.2, -0.15) is 13.2 Å². The molecule has 1 saturated heterocycles. The Bertz CT molecular complexity index is 557. The van der Waals surface area contributed by atoms with Crippen molar-refractivity contribution in [2.24, 2.45) is 11.7 Å². The number of nitrogens with zero attached hydrogens (tertiary/aromatic N) is 1. The molecule has 5 nitrogen and oxygen atoms in total. The number of hydrogen-bond donors (Lipinski definition) is 1. The van der Waals surface area contributed by atoms with Gasteiger partial charge in [0.1, 0.15) is 5.75 Å². The van der Waals surface area contributed by atoms with Gasteiger partial charge in [0.15, 0.2) is 6.61 Å². The quantitative estimate of drug-likeness (QED) is 0.913. The van der Waals surface area contributed by atoms with E-state index in [1.54, 1.807) is 0 Å². The highest BCUT2D eigenvalue weighted by Gasteiger charge is 2.31. The van der Waals surface area contributed by atoms with E-state index in [1.807, 2.05) is 0 Å². The van der Waals surface area contributed by atoms with Crippen LogP contribution in [0.4, 0.5) is 13.2 Å². The highest BCUT2D eigenvalue weighted by atomic mass is 19.4. The molecule has 1 aromatic carbocycles. The van der Waals surface area contributed by atoms with Crippen molar-refractivity contribution in [3.05, 3.63) is 29.8 Å². The number of hydrogen-bond acceptors (Lipinski definition) is 3. The first-order chi connectivity index (χ1) is 10.3. The summed E-state index contributed by atoms with van der Waals surface area (Å²) in [5.41, 5.74) is 4.39. The van der Waals surface area contributed by atoms with E-state index in [2.05, 4.69) is 0 Å². The number of ether oxygens (including phenoxy) is 1. The maximum absolute atomic E-state index is 12.4. The minimum absolute atomic E-state index is 0.173. The molecule has 0 aromatic heterocycles. The number of carbonyl (C=O) groups is 2. The number of nitrogens with two attached hydrogens (primary N) is 1. The highest BCUT2D eigenvalue weighted by molar-refractivity contribution is 5.81. The van der Waals surface area contributed by atoms with Crippen LogP contribution in [0.25, 0.3) is 0 Å². The topological polar surface area (TPSA) is 72.6 Å². The third kappa shape index (κ3) is 3.90. The van der Waals surface area contributed by atoms with Gasteiger partial charge in [0.2, 0.25) is 5.91 Å². The molecule has 0 saturated carbocycles. The molecule has 0 bridgehead atoms. The summed E-state index contributed by atoms with van der Waals surface area (Å²) in [6.07, 6.45) is -3.89. The molecule has 1 atom stereocenters. The van der Waals surface area contributed by atoms with Crippen LogP contribution in [0.15, 0.2) is 24.3 Å². The number of halogens is 3. The molecule has 22 heavy (non-hydrogen) atoms. The summed E-state index contributed by atoms with van der Waals surface area (Å²) < 4.78 is 42.4. The third-order valence-electron chi connectivity index (χ3n) is 3.49. The standard InChI is InChI=1S/C14H15F3N2O3/c15-14(16,17)10-1-3-11(4-2-10)22-8-12(20)19-6-5-9(7-19)13(18)21/h1-4,9H,5-8H2,(H2,18,21)/t9-/m0/s1. The van der Waals surface area contributed by atoms with E-state index in [4.69, 9.17) is 10.5 Å². The van der Waals surface area contributed by atoms with Gasteiger partial charge in [0, 0.05) is 13.1 Å². The first-order valence-electron chi connectivity index (χ1n) is 6.64. The molecule has 120 valence electrons. The van der Waals surface area contributed by atoms with Crippen LogP contribution in [-0.4, -0.2) is 36.4 Å². The summed E-state index contributed by atoms with van der Waals surface area (Å²) in [6.45, 7) is 0.379. The molecule has 0 unspecified atom stereocenters. The number of amides is 2. The van der Waals surface area contributed by atoms with Crippen LogP contribution < -0.4 is 10.5 Å². The zero-order valence-corrected chi connectivity index (χ0v) is 11.6. The largest absolute Gasteiger partial charge is 0.484 e. The van der Waals surface area contributed by atoms with Crippen LogP contribution in [0.5, 0.6) is 5.75 Å². The number of alkyl halides is 3. The van der Waals surface area contributed by atoms with Crippen LogP contribution in [0.3, 0.4) is 0 Å². The Balaban J connectivity index is 1.85. The SMILES string of the molecule is NC(=O)[C@H]1CCN(C(=O)COc2ccc(C(F)(F)F)cc2)C1. The first-order valence-corrected chi connectivity index (χ1v) is 6.64. The molecule has 1 fully saturated rings. The van der Waals surface area contributed by atoms with E-state index < -0.39 is 17.6 Å². The average molecular weight is 316 g/mol. The summed E-state index contributed by atoms with van der Waals surface area (Å²) in [4.78, 5) is 24.4. The molecule has 0 spiro atoms. The molecule has 2 rings (SSSR count). The maximum atomic E-state index is 12.4. The summed E-state index contributed by atoms with van der Waals surface area (Å²) in [6, 6.07) is 4.09. The van der Waals surface area contributed by atoms with E-state index in [9.17, 15) is 22.8 Å². The molecule has 8 heteroatoms. The van der Waals surface area contributed by atoms with Gasteiger partial charge in [0.25, 0.3) is 5.91 Å². The Morgan fingerprint density at radius 3 is 2.41 bits per heavy atom. The Labute approximate surface area is 124 Å². The lowest BCUT2D eigenvalue weighted by atomic mass is 10.1. The fourth-order valence-corrected chi connectivity index (χ4v) is 2.20. The fraction of sp³-hybridized carbons (Fsp3) is 0.429. The molecule has 1 aliphatic heterocycles. The van der Waals surface area contributed by atoms with Crippen LogP contribution in [0, 0.1) is 5.92 Å². The third-order valence-corrected chi connectivity index (χ3v) is 3.49. The number of likely N-dealkylation sites (tertiary alicyclic amines) is 1. The van der Waals surface area contributed by atoms with Crippen molar-refractivity contribution < 1.29 is 27.5 Å². The molecular formula is C14H15F3N2O3. The van der Waals surface area contributed by atoms with Gasteiger partial charge in [-0.25, -0.2) is 0 Å². The van der Waals surface area contributed by atoms with E-state index in [0.717, 1.165) is 24.3 Å². The second-order valence-corrected chi connectivity index (χ2v) is 5.04. The predicted octanol–water partition coefficient (Wildman–Crippen LogP) is 1.42. The lowest BCUT2D eigenvalue weighted by Crippen LogP contribution is -2.34. The summed E-state index contributed by atoms with van der Waals surface area (Å²) in [5, 5.41) is 0. The minimum Gasteiger partial charge on any atom is -0.484 e. The number of rotatable bonds is 4. The molecule has 0 radical (unpaired) electrons. The second kappa shape index (κ2) is 6.25. The van der Waals surface area contributed by atoms with Gasteiger partial charge in [-0.15, -0.1) is 0 Å². The smallest absolute Gasteiger partial charge is 0.416 e. The highest BCUT2D eigenvalue weighted by Crippen LogP contribution is 2.30. The summed E-state index contributed by atoms with van der Waals surface area (Å²) in [5.74, 6) is -0.954. The van der Waals surface area contributed by atoms with E-state index in [1.165, 1.54) is 4.90 Å². The molecule has 1 aromatic rings. The summed E-state index contributed by atoms with van der Waals surface area (Å²) >= 11 is 0. The van der Waals surface area contributed by atoms with E-state index >= 15 is 0 Å². The van der Waals surface area contributed by atoms with Crippen molar-refractivity contribution in [3.63, 3.8) is 0 Å². The van der Waals surface area contributed by atoms with Crippen LogP contribution in [0.2, 0.25) is 0 Å². The van der Waals surface area contributed by atoms with Gasteiger partial charge in [-0.1, -0.05) is 0 Å². The Morgan fingerprint density at radius 1 is 1.27 bits per heavy atom. The first kappa shape index (κ1) is 16.1. The van der Waals surface area contributed by atoms with Gasteiger partial charge in [0.05, 0.1) is 11.5 Å². The number of carbonyl (C=O) groups excluding carboxylic acids is 2. The van der Waals surface area contributed by atoms with Gasteiger partial charge in [-0.05, 0) is 30.7 Å².